The first-order chi connectivity index (χ1) is 7.66. The molecule has 1 aliphatic rings. The van der Waals surface area contributed by atoms with Crippen LogP contribution in [0.3, 0.4) is 0 Å². The van der Waals surface area contributed by atoms with Gasteiger partial charge in [-0.2, -0.15) is 5.26 Å². The largest absolute Gasteiger partial charge is 0.300 e. The molecule has 1 aliphatic carbocycles. The van der Waals surface area contributed by atoms with Crippen LogP contribution in [-0.2, 0) is 10.2 Å². The van der Waals surface area contributed by atoms with Crippen molar-refractivity contribution in [3.63, 3.8) is 0 Å². The Hall–Kier alpha value is -1.76. The lowest BCUT2D eigenvalue weighted by atomic mass is 9.71. The SMILES string of the molecule is Cc1ncc(C2(C#N)CCC(=O)CC2)cn1. The van der Waals surface area contributed by atoms with E-state index in [1.165, 1.54) is 0 Å². The summed E-state index contributed by atoms with van der Waals surface area (Å²) in [5.41, 5.74) is 0.287. The van der Waals surface area contributed by atoms with Crippen molar-refractivity contribution in [3.05, 3.63) is 23.8 Å². The number of nitriles is 1. The molecule has 0 spiro atoms. The van der Waals surface area contributed by atoms with E-state index in [-0.39, 0.29) is 5.78 Å². The number of ketones is 1. The van der Waals surface area contributed by atoms with E-state index in [0.717, 1.165) is 5.56 Å². The predicted molar refractivity (Wildman–Crippen MR) is 57.5 cm³/mol. The Balaban J connectivity index is 2.32. The molecule has 1 fully saturated rings. The van der Waals surface area contributed by atoms with Gasteiger partial charge in [0, 0.05) is 30.8 Å². The minimum absolute atomic E-state index is 0.249. The first kappa shape index (κ1) is 10.7. The highest BCUT2D eigenvalue weighted by molar-refractivity contribution is 5.80. The van der Waals surface area contributed by atoms with Gasteiger partial charge in [0.1, 0.15) is 11.6 Å². The van der Waals surface area contributed by atoms with E-state index in [0.29, 0.717) is 31.5 Å². The maximum absolute atomic E-state index is 11.2. The van der Waals surface area contributed by atoms with Crippen LogP contribution in [0.5, 0.6) is 0 Å². The van der Waals surface area contributed by atoms with Crippen molar-refractivity contribution in [1.82, 2.24) is 9.97 Å². The minimum atomic E-state index is -0.554. The summed E-state index contributed by atoms with van der Waals surface area (Å²) in [5.74, 6) is 0.947. The Morgan fingerprint density at radius 3 is 2.38 bits per heavy atom. The highest BCUT2D eigenvalue weighted by Gasteiger charge is 2.37. The molecule has 4 heteroatoms. The second-order valence-electron chi connectivity index (χ2n) is 4.25. The number of hydrogen-bond donors (Lipinski definition) is 0. The van der Waals surface area contributed by atoms with Crippen LogP contribution in [0, 0.1) is 18.3 Å². The van der Waals surface area contributed by atoms with E-state index in [4.69, 9.17) is 0 Å². The predicted octanol–water partition coefficient (Wildman–Crippen LogP) is 1.69. The van der Waals surface area contributed by atoms with E-state index in [1.54, 1.807) is 12.4 Å². The third-order valence-corrected chi connectivity index (χ3v) is 3.21. The average molecular weight is 215 g/mol. The van der Waals surface area contributed by atoms with Gasteiger partial charge in [-0.15, -0.1) is 0 Å². The fourth-order valence-electron chi connectivity index (χ4n) is 2.06. The van der Waals surface area contributed by atoms with Crippen molar-refractivity contribution in [2.45, 2.75) is 38.0 Å². The van der Waals surface area contributed by atoms with Crippen molar-refractivity contribution < 1.29 is 4.79 Å². The number of aromatic nitrogens is 2. The van der Waals surface area contributed by atoms with Crippen LogP contribution in [0.4, 0.5) is 0 Å². The molecule has 0 atom stereocenters. The Labute approximate surface area is 94.3 Å². The summed E-state index contributed by atoms with van der Waals surface area (Å²) in [7, 11) is 0. The van der Waals surface area contributed by atoms with Gasteiger partial charge in [-0.3, -0.25) is 4.79 Å². The second kappa shape index (κ2) is 4.01. The Morgan fingerprint density at radius 2 is 1.88 bits per heavy atom. The van der Waals surface area contributed by atoms with E-state index in [1.807, 2.05) is 6.92 Å². The van der Waals surface area contributed by atoms with Gasteiger partial charge in [0.2, 0.25) is 0 Å². The molecule has 0 N–H and O–H groups in total. The van der Waals surface area contributed by atoms with Gasteiger partial charge in [-0.05, 0) is 19.8 Å². The molecule has 82 valence electrons. The van der Waals surface area contributed by atoms with Crippen LogP contribution >= 0.6 is 0 Å². The molecule has 0 bridgehead atoms. The zero-order valence-electron chi connectivity index (χ0n) is 9.23. The zero-order valence-corrected chi connectivity index (χ0v) is 9.23. The number of Topliss-reactive ketones (excluding diaryl/α,β-unsaturated/α-hetero) is 1. The molecule has 0 saturated heterocycles. The van der Waals surface area contributed by atoms with Crippen LogP contribution in [-0.4, -0.2) is 15.8 Å². The van der Waals surface area contributed by atoms with E-state index in [2.05, 4.69) is 16.0 Å². The third-order valence-electron chi connectivity index (χ3n) is 3.21. The average Bonchev–Trinajstić information content (AvgIpc) is 2.32. The van der Waals surface area contributed by atoms with Gasteiger partial charge >= 0.3 is 0 Å². The number of carbonyl (C=O) groups excluding carboxylic acids is 1. The molecule has 2 rings (SSSR count). The molecule has 1 heterocycles. The maximum Gasteiger partial charge on any atom is 0.133 e. The van der Waals surface area contributed by atoms with Crippen molar-refractivity contribution in [3.8, 4) is 6.07 Å². The number of carbonyl (C=O) groups is 1. The second-order valence-corrected chi connectivity index (χ2v) is 4.25. The Kier molecular flexibility index (Phi) is 2.69. The molecule has 4 nitrogen and oxygen atoms in total. The van der Waals surface area contributed by atoms with Crippen molar-refractivity contribution in [2.75, 3.05) is 0 Å². The molecule has 0 amide bonds. The summed E-state index contributed by atoms with van der Waals surface area (Å²) < 4.78 is 0. The number of aryl methyl sites for hydroxylation is 1. The fraction of sp³-hybridized carbons (Fsp3) is 0.500. The van der Waals surface area contributed by atoms with Gasteiger partial charge in [0.15, 0.2) is 0 Å². The number of hydrogen-bond acceptors (Lipinski definition) is 4. The summed E-state index contributed by atoms with van der Waals surface area (Å²) in [6.07, 6.45) is 5.58. The molecule has 1 aromatic heterocycles. The highest BCUT2D eigenvalue weighted by Crippen LogP contribution is 2.37. The maximum atomic E-state index is 11.2. The Morgan fingerprint density at radius 1 is 1.31 bits per heavy atom. The molecule has 1 saturated carbocycles. The monoisotopic (exact) mass is 215 g/mol. The van der Waals surface area contributed by atoms with E-state index in [9.17, 15) is 10.1 Å². The summed E-state index contributed by atoms with van der Waals surface area (Å²) in [6.45, 7) is 1.81. The van der Waals surface area contributed by atoms with Gasteiger partial charge in [0.05, 0.1) is 11.5 Å². The van der Waals surface area contributed by atoms with Crippen LogP contribution in [0.1, 0.15) is 37.1 Å². The normalized spacial score (nSPS) is 19.1. The zero-order chi connectivity index (χ0) is 11.6. The summed E-state index contributed by atoms with van der Waals surface area (Å²) in [6, 6.07) is 2.34. The Bertz CT molecular complexity index is 434. The minimum Gasteiger partial charge on any atom is -0.300 e. The lowest BCUT2D eigenvalue weighted by molar-refractivity contribution is -0.120. The first-order valence-corrected chi connectivity index (χ1v) is 5.38. The molecule has 0 unspecified atom stereocenters. The first-order valence-electron chi connectivity index (χ1n) is 5.38. The molecule has 0 aliphatic heterocycles. The molecule has 16 heavy (non-hydrogen) atoms. The number of nitrogens with zero attached hydrogens (tertiary/aromatic N) is 3. The van der Waals surface area contributed by atoms with Gasteiger partial charge < -0.3 is 0 Å². The van der Waals surface area contributed by atoms with Crippen LogP contribution in [0.2, 0.25) is 0 Å². The standard InChI is InChI=1S/C12H13N3O/c1-9-14-6-10(7-15-9)12(8-13)4-2-11(16)3-5-12/h6-7H,2-5H2,1H3. The van der Waals surface area contributed by atoms with Crippen LogP contribution in [0.15, 0.2) is 12.4 Å². The lowest BCUT2D eigenvalue weighted by Gasteiger charge is -2.29. The molecule has 0 radical (unpaired) electrons. The summed E-state index contributed by atoms with van der Waals surface area (Å²) in [5, 5.41) is 9.33. The van der Waals surface area contributed by atoms with Gasteiger partial charge in [-0.1, -0.05) is 0 Å². The van der Waals surface area contributed by atoms with Crippen molar-refractivity contribution in [1.29, 1.82) is 5.26 Å². The third kappa shape index (κ3) is 1.81. The van der Waals surface area contributed by atoms with Gasteiger partial charge in [0.25, 0.3) is 0 Å². The van der Waals surface area contributed by atoms with Crippen LogP contribution in [0.25, 0.3) is 0 Å². The number of rotatable bonds is 1. The molecular weight excluding hydrogens is 202 g/mol. The molecule has 1 aromatic rings. The smallest absolute Gasteiger partial charge is 0.133 e. The molecule has 0 aromatic carbocycles. The molecular formula is C12H13N3O. The van der Waals surface area contributed by atoms with Crippen LogP contribution < -0.4 is 0 Å². The highest BCUT2D eigenvalue weighted by atomic mass is 16.1. The quantitative estimate of drug-likeness (QED) is 0.715. The fourth-order valence-corrected chi connectivity index (χ4v) is 2.06. The van der Waals surface area contributed by atoms with Crippen molar-refractivity contribution in [2.24, 2.45) is 0 Å². The van der Waals surface area contributed by atoms with Gasteiger partial charge in [-0.25, -0.2) is 9.97 Å². The summed E-state index contributed by atoms with van der Waals surface area (Å²) >= 11 is 0. The lowest BCUT2D eigenvalue weighted by Crippen LogP contribution is -2.30. The van der Waals surface area contributed by atoms with E-state index < -0.39 is 5.41 Å². The van der Waals surface area contributed by atoms with Crippen molar-refractivity contribution >= 4 is 5.78 Å². The van der Waals surface area contributed by atoms with E-state index >= 15 is 0 Å². The summed E-state index contributed by atoms with van der Waals surface area (Å²) in [4.78, 5) is 19.4. The topological polar surface area (TPSA) is 66.6 Å².